The van der Waals surface area contributed by atoms with Crippen molar-refractivity contribution in [3.63, 3.8) is 0 Å². The summed E-state index contributed by atoms with van der Waals surface area (Å²) in [7, 11) is 19.7. The van der Waals surface area contributed by atoms with Crippen LogP contribution in [0.4, 0.5) is 0 Å². The molecule has 0 amide bonds. The Morgan fingerprint density at radius 3 is 1.59 bits per heavy atom. The van der Waals surface area contributed by atoms with Gasteiger partial charge in [-0.2, -0.15) is 0 Å². The van der Waals surface area contributed by atoms with Gasteiger partial charge in [-0.1, -0.05) is 209 Å². The average Bonchev–Trinajstić information content (AvgIpc) is 4.13. The molecule has 8 unspecified atom stereocenters. The Morgan fingerprint density at radius 1 is 0.618 bits per heavy atom. The van der Waals surface area contributed by atoms with E-state index in [9.17, 15) is 0 Å². The van der Waals surface area contributed by atoms with E-state index in [0.717, 1.165) is 36.0 Å². The molecule has 4 fully saturated rings. The van der Waals surface area contributed by atoms with Gasteiger partial charge in [-0.25, -0.2) is 0 Å². The molecule has 0 spiro atoms. The normalized spacial score (nSPS) is 26.9. The molecule has 68 heavy (non-hydrogen) atoms. The average molecular weight is 1170 g/mol. The first-order valence-electron chi connectivity index (χ1n) is 25.1. The van der Waals surface area contributed by atoms with Gasteiger partial charge in [-0.05, 0) is 132 Å². The second-order valence-corrected chi connectivity index (χ2v) is 29.3. The fourth-order valence-electron chi connectivity index (χ4n) is 12.9. The van der Waals surface area contributed by atoms with E-state index < -0.39 is 41.7 Å². The van der Waals surface area contributed by atoms with E-state index in [2.05, 4.69) is 165 Å². The van der Waals surface area contributed by atoms with E-state index in [0.29, 0.717) is 29.6 Å². The third-order valence-corrected chi connectivity index (χ3v) is 16.0. The second-order valence-electron chi connectivity index (χ2n) is 21.8. The fraction of sp³-hybridized carbons (Fsp3) is 0.581. The number of benzene rings is 1. The quantitative estimate of drug-likeness (QED) is 0.153. The molecule has 0 radical (unpaired) electrons. The molecule has 0 aromatic heterocycles. The van der Waals surface area contributed by atoms with Crippen LogP contribution in [-0.2, 0) is 47.1 Å². The van der Waals surface area contributed by atoms with Gasteiger partial charge in [-0.3, -0.25) is 0 Å². The van der Waals surface area contributed by atoms with Crippen molar-refractivity contribution in [2.75, 3.05) is 0 Å². The third-order valence-electron chi connectivity index (χ3n) is 16.0. The Hall–Kier alpha value is 0.0662. The van der Waals surface area contributed by atoms with Gasteiger partial charge >= 0.3 is 75.7 Å². The maximum absolute atomic E-state index is 4.93. The van der Waals surface area contributed by atoms with Crippen LogP contribution in [-0.4, -0.2) is 0 Å². The number of allylic oxidation sites excluding steroid dienone is 14. The SMILES string of the molecule is C=CCC1CCC2C=CC=CC21.C=CCCC(c1ccccc1)(C1CCCC1)C1C2C=C(C(C)(C)C)C=CC2C2C=CC(C(C)(C)C)=CC21.CCCCC1CCCC1.[CH3-].[CH3-].[CH3-].[CH3-].[Cl][Zr+2][Cl].[Cl][Zr+2][Cl]. The van der Waals surface area contributed by atoms with Crippen molar-refractivity contribution in [1.29, 1.82) is 0 Å². The zero-order chi connectivity index (χ0) is 46.8. The number of hydrogen-bond donors (Lipinski definition) is 0. The summed E-state index contributed by atoms with van der Waals surface area (Å²) in [5.74, 6) is 7.28. The molecule has 0 saturated heterocycles. The van der Waals surface area contributed by atoms with Crippen molar-refractivity contribution in [3.8, 4) is 0 Å². The van der Waals surface area contributed by atoms with Crippen molar-refractivity contribution < 1.29 is 41.7 Å². The first kappa shape index (κ1) is 68.1. The summed E-state index contributed by atoms with van der Waals surface area (Å²) >= 11 is -1.65. The van der Waals surface area contributed by atoms with Gasteiger partial charge in [0.15, 0.2) is 0 Å². The second kappa shape index (κ2) is 34.5. The molecule has 8 rings (SSSR count). The Balaban J connectivity index is 0.00000119. The molecule has 4 saturated carbocycles. The van der Waals surface area contributed by atoms with E-state index in [1.807, 2.05) is 0 Å². The van der Waals surface area contributed by atoms with Crippen molar-refractivity contribution >= 4 is 34.1 Å². The molecule has 7 aliphatic carbocycles. The van der Waals surface area contributed by atoms with Gasteiger partial charge in [0.05, 0.1) is 0 Å². The standard InChI is InChI=1S/C37H50.C12H16.C9H18.4CH3.4ClH.2Zr/c1-8-9-23-37(27-17-13-14-18-27,26-15-11-10-12-16-26)34-32-24-28(35(2,3)4)19-21-30(32)31-22-20-29(25-33(31)34)36(5,6)7;1-2-5-10-8-9-11-6-3-4-7-12(10)11;1-2-3-6-9-7-4-5-8-9;;;;;;;;;;/h8,10-12,15-16,19-22,24-25,27,30-34H,1,9,13-14,17-18,23H2,2-7H3;2-4,6-7,10-12H,1,5,8-9H2;9H,2-8H2,1H3;4*1H3;4*1H;;/q;;;4*-1;;;;;2*+4/p-4. The van der Waals surface area contributed by atoms with Crippen molar-refractivity contribution in [1.82, 2.24) is 0 Å². The molecular weight excluding hydrogens is 1070 g/mol. The topological polar surface area (TPSA) is 0 Å². The first-order chi connectivity index (χ1) is 30.7. The number of rotatable bonds is 11. The number of hydrogen-bond acceptors (Lipinski definition) is 0. The van der Waals surface area contributed by atoms with Crippen LogP contribution in [0.25, 0.3) is 0 Å². The van der Waals surface area contributed by atoms with E-state index in [1.54, 1.807) is 5.56 Å². The molecule has 7 aliphatic rings. The van der Waals surface area contributed by atoms with Crippen LogP contribution in [0.1, 0.15) is 157 Å². The van der Waals surface area contributed by atoms with Crippen LogP contribution in [0.5, 0.6) is 0 Å². The van der Waals surface area contributed by atoms with Crippen molar-refractivity contribution in [2.45, 2.75) is 157 Å². The Labute approximate surface area is 460 Å². The number of halogens is 4. The molecule has 0 aliphatic heterocycles. The molecule has 1 aromatic rings. The molecule has 0 N–H and O–H groups in total. The fourth-order valence-corrected chi connectivity index (χ4v) is 12.9. The van der Waals surface area contributed by atoms with Crippen molar-refractivity contribution in [3.05, 3.63) is 163 Å². The van der Waals surface area contributed by atoms with Crippen molar-refractivity contribution in [2.24, 2.45) is 70.0 Å². The van der Waals surface area contributed by atoms with E-state index in [-0.39, 0.29) is 46.0 Å². The summed E-state index contributed by atoms with van der Waals surface area (Å²) < 4.78 is 0. The summed E-state index contributed by atoms with van der Waals surface area (Å²) in [5.41, 5.74) is 5.16. The summed E-state index contributed by atoms with van der Waals surface area (Å²) in [6.45, 7) is 24.6. The predicted octanol–water partition coefficient (Wildman–Crippen LogP) is 21.5. The van der Waals surface area contributed by atoms with E-state index in [1.165, 1.54) is 107 Å². The van der Waals surface area contributed by atoms with Crippen LogP contribution in [0.15, 0.2) is 128 Å². The Morgan fingerprint density at radius 2 is 1.12 bits per heavy atom. The van der Waals surface area contributed by atoms with Crippen LogP contribution < -0.4 is 0 Å². The van der Waals surface area contributed by atoms with Gasteiger partial charge in [0.1, 0.15) is 0 Å². The molecular formula is C62H96Cl4Zr2. The van der Waals surface area contributed by atoms with Crippen LogP contribution in [0, 0.1) is 99.7 Å². The summed E-state index contributed by atoms with van der Waals surface area (Å²) in [4.78, 5) is 0. The van der Waals surface area contributed by atoms with Gasteiger partial charge < -0.3 is 29.7 Å². The molecule has 1 aromatic carbocycles. The van der Waals surface area contributed by atoms with E-state index in [4.69, 9.17) is 34.1 Å². The zero-order valence-corrected chi connectivity index (χ0v) is 52.8. The molecule has 0 bridgehead atoms. The minimum atomic E-state index is -0.826. The predicted molar refractivity (Wildman–Crippen MR) is 304 cm³/mol. The minimum absolute atomic E-state index is 0. The van der Waals surface area contributed by atoms with Gasteiger partial charge in [0.2, 0.25) is 0 Å². The monoisotopic (exact) mass is 1160 g/mol. The summed E-state index contributed by atoms with van der Waals surface area (Å²) in [6.07, 6.45) is 51.2. The zero-order valence-electron chi connectivity index (χ0n) is 44.8. The first-order valence-corrected chi connectivity index (χ1v) is 37.8. The van der Waals surface area contributed by atoms with Gasteiger partial charge in [0.25, 0.3) is 0 Å². The number of fused-ring (bicyclic) bond motifs is 4. The number of unbranched alkanes of at least 4 members (excludes halogenated alkanes) is 1. The molecule has 380 valence electrons. The summed E-state index contributed by atoms with van der Waals surface area (Å²) in [6, 6.07) is 11.8. The molecule has 0 heterocycles. The Kier molecular flexibility index (Phi) is 34.6. The molecule has 0 nitrogen and oxygen atoms in total. The van der Waals surface area contributed by atoms with Gasteiger partial charge in [-0.15, -0.1) is 13.2 Å². The van der Waals surface area contributed by atoms with Crippen LogP contribution in [0.2, 0.25) is 0 Å². The van der Waals surface area contributed by atoms with Crippen LogP contribution in [0.3, 0.4) is 0 Å². The third kappa shape index (κ3) is 18.8. The van der Waals surface area contributed by atoms with Gasteiger partial charge in [0, 0.05) is 5.41 Å². The summed E-state index contributed by atoms with van der Waals surface area (Å²) in [5, 5.41) is 0. The maximum atomic E-state index is 4.93. The Bertz CT molecular complexity index is 1660. The van der Waals surface area contributed by atoms with Crippen LogP contribution >= 0.6 is 34.1 Å². The van der Waals surface area contributed by atoms with E-state index >= 15 is 0 Å². The molecule has 6 heteroatoms. The molecule has 8 atom stereocenters.